The van der Waals surface area contributed by atoms with Crippen molar-refractivity contribution in [3.63, 3.8) is 0 Å². The first kappa shape index (κ1) is 12.0. The number of carboxylic acids is 1. The van der Waals surface area contributed by atoms with Crippen molar-refractivity contribution in [3.05, 3.63) is 42.0 Å². The number of hydrogen-bond acceptors (Lipinski definition) is 3. The first-order chi connectivity index (χ1) is 6.68. The Kier molecular flexibility index (Phi) is 3.74. The van der Waals surface area contributed by atoms with Gasteiger partial charge in [-0.15, -0.1) is 0 Å². The topological polar surface area (TPSA) is 60.4 Å². The molecule has 2 aromatic carbocycles. The number of carbonyl (C=O) groups is 1. The van der Waals surface area contributed by atoms with Crippen LogP contribution >= 0.6 is 0 Å². The summed E-state index contributed by atoms with van der Waals surface area (Å²) in [7, 11) is 0. The molecule has 3 nitrogen and oxygen atoms in total. The third kappa shape index (κ3) is 2.31. The van der Waals surface area contributed by atoms with Crippen LogP contribution in [0.1, 0.15) is 10.4 Å². The Bertz CT molecular complexity index is 508. The molecule has 0 aliphatic rings. The number of carboxylic acid groups (broad SMARTS) is 1. The van der Waals surface area contributed by atoms with Crippen molar-refractivity contribution < 1.29 is 44.6 Å². The van der Waals surface area contributed by atoms with Crippen molar-refractivity contribution in [1.82, 2.24) is 0 Å². The molecule has 0 aliphatic carbocycles. The molecule has 0 aromatic heterocycles. The number of benzene rings is 2. The van der Waals surface area contributed by atoms with Crippen LogP contribution in [0.15, 0.2) is 36.4 Å². The molecule has 0 amide bonds. The average molecular weight is 210 g/mol. The van der Waals surface area contributed by atoms with Crippen molar-refractivity contribution in [2.75, 3.05) is 0 Å². The van der Waals surface area contributed by atoms with Crippen molar-refractivity contribution >= 4 is 16.7 Å². The SMILES string of the molecule is O=C([O-])c1cc(O)cc2ccccc12.[Na+]. The summed E-state index contributed by atoms with van der Waals surface area (Å²) in [5.74, 6) is -1.35. The first-order valence-electron chi connectivity index (χ1n) is 4.11. The molecule has 0 bridgehead atoms. The van der Waals surface area contributed by atoms with E-state index in [-0.39, 0.29) is 40.9 Å². The molecule has 0 heterocycles. The molecule has 15 heavy (non-hydrogen) atoms. The normalized spacial score (nSPS) is 9.60. The van der Waals surface area contributed by atoms with Gasteiger partial charge in [0.25, 0.3) is 0 Å². The maximum absolute atomic E-state index is 10.7. The third-order valence-corrected chi connectivity index (χ3v) is 2.07. The maximum atomic E-state index is 10.7. The van der Waals surface area contributed by atoms with E-state index in [9.17, 15) is 15.0 Å². The van der Waals surface area contributed by atoms with E-state index < -0.39 is 5.97 Å². The van der Waals surface area contributed by atoms with Crippen LogP contribution < -0.4 is 34.7 Å². The molecule has 70 valence electrons. The third-order valence-electron chi connectivity index (χ3n) is 2.07. The van der Waals surface area contributed by atoms with Crippen molar-refractivity contribution in [3.8, 4) is 5.75 Å². The van der Waals surface area contributed by atoms with E-state index in [1.54, 1.807) is 24.3 Å². The van der Waals surface area contributed by atoms with Crippen LogP contribution in [-0.4, -0.2) is 11.1 Å². The molecule has 0 saturated heterocycles. The van der Waals surface area contributed by atoms with E-state index in [1.165, 1.54) is 12.1 Å². The second-order valence-electron chi connectivity index (χ2n) is 3.00. The van der Waals surface area contributed by atoms with Crippen LogP contribution in [0, 0.1) is 0 Å². The minimum atomic E-state index is -1.28. The van der Waals surface area contributed by atoms with E-state index in [0.717, 1.165) is 0 Å². The van der Waals surface area contributed by atoms with Gasteiger partial charge in [-0.25, -0.2) is 0 Å². The van der Waals surface area contributed by atoms with Gasteiger partial charge in [0.2, 0.25) is 0 Å². The quantitative estimate of drug-likeness (QED) is 0.549. The van der Waals surface area contributed by atoms with Gasteiger partial charge >= 0.3 is 29.6 Å². The number of aromatic hydroxyl groups is 1. The average Bonchev–Trinajstić information content (AvgIpc) is 2.16. The number of fused-ring (bicyclic) bond motifs is 1. The Balaban J connectivity index is 0.00000112. The van der Waals surface area contributed by atoms with Crippen LogP contribution in [0.3, 0.4) is 0 Å². The van der Waals surface area contributed by atoms with Gasteiger partial charge in [0.15, 0.2) is 0 Å². The number of hydrogen-bond donors (Lipinski definition) is 1. The summed E-state index contributed by atoms with van der Waals surface area (Å²) in [5, 5.41) is 21.3. The van der Waals surface area contributed by atoms with Gasteiger partial charge in [0.1, 0.15) is 5.75 Å². The van der Waals surface area contributed by atoms with Gasteiger partial charge < -0.3 is 15.0 Å². The number of rotatable bonds is 1. The molecule has 0 radical (unpaired) electrons. The van der Waals surface area contributed by atoms with E-state index in [2.05, 4.69) is 0 Å². The van der Waals surface area contributed by atoms with E-state index in [0.29, 0.717) is 10.8 Å². The summed E-state index contributed by atoms with van der Waals surface area (Å²) >= 11 is 0. The Morgan fingerprint density at radius 1 is 1.20 bits per heavy atom. The Morgan fingerprint density at radius 2 is 1.87 bits per heavy atom. The van der Waals surface area contributed by atoms with Gasteiger partial charge in [-0.2, -0.15) is 0 Å². The van der Waals surface area contributed by atoms with Crippen molar-refractivity contribution in [2.45, 2.75) is 0 Å². The van der Waals surface area contributed by atoms with Gasteiger partial charge in [0.05, 0.1) is 5.97 Å². The summed E-state index contributed by atoms with van der Waals surface area (Å²) < 4.78 is 0. The zero-order chi connectivity index (χ0) is 10.1. The molecule has 0 fully saturated rings. The molecule has 4 heteroatoms. The maximum Gasteiger partial charge on any atom is 1.00 e. The Labute approximate surface area is 109 Å². The zero-order valence-corrected chi connectivity index (χ0v) is 10.2. The Hall–Kier alpha value is -1.03. The largest absolute Gasteiger partial charge is 1.00 e. The molecule has 0 saturated carbocycles. The fourth-order valence-corrected chi connectivity index (χ4v) is 1.46. The molecule has 2 aromatic rings. The Morgan fingerprint density at radius 3 is 2.53 bits per heavy atom. The summed E-state index contributed by atoms with van der Waals surface area (Å²) in [6, 6.07) is 9.65. The molecular weight excluding hydrogens is 203 g/mol. The van der Waals surface area contributed by atoms with Crippen LogP contribution in [-0.2, 0) is 0 Å². The number of phenolic OH excluding ortho intramolecular Hbond substituents is 1. The minimum absolute atomic E-state index is 0. The first-order valence-corrected chi connectivity index (χ1v) is 4.11. The van der Waals surface area contributed by atoms with Gasteiger partial charge in [-0.1, -0.05) is 24.3 Å². The standard InChI is InChI=1S/C11H8O3.Na/c12-8-5-7-3-1-2-4-9(7)10(6-8)11(13)14;/h1-6,12H,(H,13,14);/q;+1/p-1. The van der Waals surface area contributed by atoms with Crippen LogP contribution in [0.4, 0.5) is 0 Å². The van der Waals surface area contributed by atoms with Crippen LogP contribution in [0.25, 0.3) is 10.8 Å². The summed E-state index contributed by atoms with van der Waals surface area (Å²) in [4.78, 5) is 10.7. The second kappa shape index (κ2) is 4.66. The minimum Gasteiger partial charge on any atom is -0.545 e. The molecule has 0 aliphatic heterocycles. The van der Waals surface area contributed by atoms with E-state index in [4.69, 9.17) is 0 Å². The summed E-state index contributed by atoms with van der Waals surface area (Å²) in [6.45, 7) is 0. The summed E-state index contributed by atoms with van der Waals surface area (Å²) in [6.07, 6.45) is 0. The number of aromatic carboxylic acids is 1. The predicted octanol–water partition coefficient (Wildman–Crippen LogP) is -2.09. The molecule has 0 unspecified atom stereocenters. The molecule has 0 atom stereocenters. The van der Waals surface area contributed by atoms with Gasteiger partial charge in [-0.3, -0.25) is 0 Å². The molecule has 0 spiro atoms. The van der Waals surface area contributed by atoms with Gasteiger partial charge in [-0.05, 0) is 22.9 Å². The zero-order valence-electron chi connectivity index (χ0n) is 8.23. The van der Waals surface area contributed by atoms with E-state index >= 15 is 0 Å². The van der Waals surface area contributed by atoms with E-state index in [1.807, 2.05) is 0 Å². The fourth-order valence-electron chi connectivity index (χ4n) is 1.46. The smallest absolute Gasteiger partial charge is 0.545 e. The molecule has 2 rings (SSSR count). The van der Waals surface area contributed by atoms with Crippen molar-refractivity contribution in [1.29, 1.82) is 0 Å². The fraction of sp³-hybridized carbons (Fsp3) is 0. The van der Waals surface area contributed by atoms with Crippen LogP contribution in [0.2, 0.25) is 0 Å². The molecule has 1 N–H and O–H groups in total. The summed E-state index contributed by atoms with van der Waals surface area (Å²) in [5.41, 5.74) is 0.0144. The predicted molar refractivity (Wildman–Crippen MR) is 49.9 cm³/mol. The number of phenols is 1. The van der Waals surface area contributed by atoms with Crippen molar-refractivity contribution in [2.24, 2.45) is 0 Å². The number of carbonyl (C=O) groups excluding carboxylic acids is 1. The molecular formula is C11H7NaO3. The monoisotopic (exact) mass is 210 g/mol. The second-order valence-corrected chi connectivity index (χ2v) is 3.00. The van der Waals surface area contributed by atoms with Gasteiger partial charge in [0, 0.05) is 5.56 Å². The van der Waals surface area contributed by atoms with Crippen LogP contribution in [0.5, 0.6) is 5.75 Å².